The summed E-state index contributed by atoms with van der Waals surface area (Å²) in [6.07, 6.45) is 8.00. The maximum Gasteiger partial charge on any atom is 0.274 e. The zero-order valence-electron chi connectivity index (χ0n) is 19.6. The van der Waals surface area contributed by atoms with Crippen molar-refractivity contribution in [3.8, 4) is 11.3 Å². The highest BCUT2D eigenvalue weighted by atomic mass is 19.1. The molecule has 8 nitrogen and oxygen atoms in total. The second-order valence-corrected chi connectivity index (χ2v) is 8.83. The van der Waals surface area contributed by atoms with Gasteiger partial charge in [-0.2, -0.15) is 10.2 Å². The summed E-state index contributed by atoms with van der Waals surface area (Å²) in [7, 11) is 1.55. The van der Waals surface area contributed by atoms with Gasteiger partial charge in [-0.25, -0.2) is 18.4 Å². The number of nitrogens with zero attached hydrogens (tertiary/aromatic N) is 6. The molecule has 4 aromatic rings. The highest BCUT2D eigenvalue weighted by Crippen LogP contribution is 2.33. The van der Waals surface area contributed by atoms with Gasteiger partial charge >= 0.3 is 0 Å². The molecule has 4 heterocycles. The third kappa shape index (κ3) is 4.93. The number of hydrogen-bond donors (Lipinski definition) is 0. The van der Waals surface area contributed by atoms with Gasteiger partial charge in [0.05, 0.1) is 36.0 Å². The Labute approximate surface area is 200 Å². The van der Waals surface area contributed by atoms with Crippen LogP contribution in [0.5, 0.6) is 0 Å². The normalized spacial score (nSPS) is 17.8. The van der Waals surface area contributed by atoms with E-state index in [4.69, 9.17) is 4.74 Å². The Bertz CT molecular complexity index is 1400. The minimum Gasteiger partial charge on any atom is -0.375 e. The fourth-order valence-electron chi connectivity index (χ4n) is 4.13. The molecule has 1 aliphatic carbocycles. The van der Waals surface area contributed by atoms with Crippen LogP contribution in [0.2, 0.25) is 0 Å². The van der Waals surface area contributed by atoms with Crippen LogP contribution < -0.4 is 10.5 Å². The third-order valence-corrected chi connectivity index (χ3v) is 6.13. The second-order valence-electron chi connectivity index (χ2n) is 8.83. The van der Waals surface area contributed by atoms with Gasteiger partial charge in [0, 0.05) is 49.5 Å². The fourth-order valence-corrected chi connectivity index (χ4v) is 4.13. The first-order valence-electron chi connectivity index (χ1n) is 11.6. The molecule has 182 valence electrons. The van der Waals surface area contributed by atoms with Crippen LogP contribution in [0, 0.1) is 11.6 Å². The summed E-state index contributed by atoms with van der Waals surface area (Å²) in [4.78, 5) is 19.2. The summed E-state index contributed by atoms with van der Waals surface area (Å²) < 4.78 is 36.6. The number of pyridine rings is 1. The third-order valence-electron chi connectivity index (χ3n) is 6.13. The zero-order valence-corrected chi connectivity index (χ0v) is 19.6. The van der Waals surface area contributed by atoms with E-state index in [0.29, 0.717) is 36.3 Å². The first kappa shape index (κ1) is 23.1. The van der Waals surface area contributed by atoms with Crippen LogP contribution in [-0.2, 0) is 11.8 Å². The van der Waals surface area contributed by atoms with Crippen LogP contribution in [0.1, 0.15) is 25.8 Å². The molecule has 1 aliphatic heterocycles. The Balaban J connectivity index is 0.000000265. The van der Waals surface area contributed by atoms with E-state index < -0.39 is 11.6 Å². The van der Waals surface area contributed by atoms with Gasteiger partial charge in [0.1, 0.15) is 17.5 Å². The molecule has 0 radical (unpaired) electrons. The second kappa shape index (κ2) is 9.53. The predicted molar refractivity (Wildman–Crippen MR) is 128 cm³/mol. The van der Waals surface area contributed by atoms with E-state index in [9.17, 15) is 13.6 Å². The van der Waals surface area contributed by atoms with Gasteiger partial charge in [0.2, 0.25) is 0 Å². The summed E-state index contributed by atoms with van der Waals surface area (Å²) >= 11 is 0. The molecule has 1 atom stereocenters. The fraction of sp³-hybridized carbons (Fsp3) is 0.360. The molecule has 0 N–H and O–H groups in total. The van der Waals surface area contributed by atoms with Crippen LogP contribution >= 0.6 is 0 Å². The molecule has 1 saturated carbocycles. The summed E-state index contributed by atoms with van der Waals surface area (Å²) in [5.41, 5.74) is 0.0881. The Kier molecular flexibility index (Phi) is 6.29. The van der Waals surface area contributed by atoms with Gasteiger partial charge in [-0.15, -0.1) is 0 Å². The Hall–Kier alpha value is -3.66. The summed E-state index contributed by atoms with van der Waals surface area (Å²) in [6.45, 7) is 3.71. The maximum atomic E-state index is 14.5. The Morgan fingerprint density at radius 2 is 1.94 bits per heavy atom. The molecule has 2 aliphatic rings. The Morgan fingerprint density at radius 1 is 1.11 bits per heavy atom. The van der Waals surface area contributed by atoms with Crippen LogP contribution in [0.25, 0.3) is 22.0 Å². The first-order valence-corrected chi connectivity index (χ1v) is 11.6. The molecule has 6 rings (SSSR count). The van der Waals surface area contributed by atoms with Gasteiger partial charge < -0.3 is 9.64 Å². The van der Waals surface area contributed by atoms with E-state index in [1.807, 2.05) is 35.0 Å². The van der Waals surface area contributed by atoms with Crippen molar-refractivity contribution in [2.75, 3.05) is 24.6 Å². The maximum absolute atomic E-state index is 14.5. The lowest BCUT2D eigenvalue weighted by Gasteiger charge is -2.32. The lowest BCUT2D eigenvalue weighted by molar-refractivity contribution is 0.0529. The molecule has 2 fully saturated rings. The van der Waals surface area contributed by atoms with E-state index in [0.717, 1.165) is 12.1 Å². The molecule has 0 bridgehead atoms. The zero-order chi connectivity index (χ0) is 24.5. The van der Waals surface area contributed by atoms with E-state index in [2.05, 4.69) is 15.2 Å². The van der Waals surface area contributed by atoms with Crippen molar-refractivity contribution in [1.82, 2.24) is 24.5 Å². The monoisotopic (exact) mass is 480 g/mol. The minimum absolute atomic E-state index is 0.0162. The number of rotatable bonds is 3. The predicted octanol–water partition coefficient (Wildman–Crippen LogP) is 3.72. The smallest absolute Gasteiger partial charge is 0.274 e. The Morgan fingerprint density at radius 3 is 2.63 bits per heavy atom. The van der Waals surface area contributed by atoms with Crippen molar-refractivity contribution in [2.45, 2.75) is 31.9 Å². The summed E-state index contributed by atoms with van der Waals surface area (Å²) in [5.74, 6) is -0.857. The van der Waals surface area contributed by atoms with Crippen LogP contribution in [0.4, 0.5) is 14.6 Å². The topological polar surface area (TPSA) is 78.1 Å². The number of benzene rings is 1. The van der Waals surface area contributed by atoms with Gasteiger partial charge in [0.25, 0.3) is 5.56 Å². The molecule has 1 saturated heterocycles. The molecule has 0 spiro atoms. The number of halogens is 2. The number of ether oxygens (including phenoxy) is 1. The van der Waals surface area contributed by atoms with Gasteiger partial charge in [-0.05, 0) is 44.0 Å². The van der Waals surface area contributed by atoms with Gasteiger partial charge in [0.15, 0.2) is 0 Å². The number of hydrogen-bond acceptors (Lipinski definition) is 6. The van der Waals surface area contributed by atoms with E-state index in [-0.39, 0.29) is 22.9 Å². The quantitative estimate of drug-likeness (QED) is 0.445. The largest absolute Gasteiger partial charge is 0.375 e. The van der Waals surface area contributed by atoms with Crippen LogP contribution in [-0.4, -0.2) is 50.3 Å². The SMILES string of the molecule is CC1CN(c2cc3c(=O)n(C)ncc3c(-c3ccc(F)cc3F)n2)CCO1.c1cnn(C2CC2)c1. The van der Waals surface area contributed by atoms with E-state index in [1.165, 1.54) is 35.9 Å². The number of morpholine rings is 1. The average Bonchev–Trinajstić information content (AvgIpc) is 3.55. The molecular formula is C25H26F2N6O2. The molecule has 3 aromatic heterocycles. The van der Waals surface area contributed by atoms with Crippen LogP contribution in [0.15, 0.2) is 53.7 Å². The van der Waals surface area contributed by atoms with Gasteiger partial charge in [-0.1, -0.05) is 0 Å². The number of aromatic nitrogens is 5. The van der Waals surface area contributed by atoms with E-state index >= 15 is 0 Å². The van der Waals surface area contributed by atoms with Crippen molar-refractivity contribution >= 4 is 16.6 Å². The molecular weight excluding hydrogens is 454 g/mol. The summed E-state index contributed by atoms with van der Waals surface area (Å²) in [5, 5.41) is 8.93. The standard InChI is InChI=1S/C19H18F2N4O2.C6H8N2/c1-11-10-25(5-6-27-11)17-8-14-15(9-22-24(2)19(14)26)18(23-17)13-4-3-12(20)7-16(13)21;1-4-7-8(5-1)6-2-3-6/h3-4,7-9,11H,5-6,10H2,1-2H3;1,4-6H,2-3H2. The van der Waals surface area contributed by atoms with Crippen LogP contribution in [0.3, 0.4) is 0 Å². The number of fused-ring (bicyclic) bond motifs is 1. The van der Waals surface area contributed by atoms with Crippen molar-refractivity contribution in [1.29, 1.82) is 0 Å². The molecule has 35 heavy (non-hydrogen) atoms. The van der Waals surface area contributed by atoms with Crippen molar-refractivity contribution < 1.29 is 13.5 Å². The highest BCUT2D eigenvalue weighted by Gasteiger charge is 2.23. The molecule has 10 heteroatoms. The van der Waals surface area contributed by atoms with Crippen molar-refractivity contribution in [3.63, 3.8) is 0 Å². The van der Waals surface area contributed by atoms with Crippen molar-refractivity contribution in [2.24, 2.45) is 7.05 Å². The number of aryl methyl sites for hydroxylation is 1. The lowest BCUT2D eigenvalue weighted by atomic mass is 10.0. The lowest BCUT2D eigenvalue weighted by Crippen LogP contribution is -2.41. The van der Waals surface area contributed by atoms with Crippen molar-refractivity contribution in [3.05, 3.63) is 70.9 Å². The minimum atomic E-state index is -0.739. The summed E-state index contributed by atoms with van der Waals surface area (Å²) in [6, 6.07) is 7.71. The molecule has 0 amide bonds. The average molecular weight is 481 g/mol. The molecule has 1 aromatic carbocycles. The number of anilines is 1. The van der Waals surface area contributed by atoms with Gasteiger partial charge in [-0.3, -0.25) is 9.48 Å². The van der Waals surface area contributed by atoms with E-state index in [1.54, 1.807) is 13.1 Å². The first-order chi connectivity index (χ1) is 16.9. The highest BCUT2D eigenvalue weighted by molar-refractivity contribution is 5.95. The molecule has 1 unspecified atom stereocenters.